The number of carbonyl (C=O) groups excluding carboxylic acids is 1. The minimum absolute atomic E-state index is 0.0827. The Kier molecular flexibility index (Phi) is 5.76. The fraction of sp³-hybridized carbons (Fsp3) is 0.182. The highest BCUT2D eigenvalue weighted by Crippen LogP contribution is 2.29. The number of hydrogen-bond donors (Lipinski definition) is 0. The monoisotopic (exact) mass is 442 g/mol. The molecule has 2 aromatic carbocycles. The molecule has 164 valence electrons. The second kappa shape index (κ2) is 8.66. The summed E-state index contributed by atoms with van der Waals surface area (Å²) in [6.07, 6.45) is -3.55. The first-order valence-corrected chi connectivity index (χ1v) is 9.51. The molecule has 0 aliphatic rings. The molecule has 0 saturated carbocycles. The van der Waals surface area contributed by atoms with Crippen LogP contribution in [0.1, 0.15) is 17.0 Å². The average Bonchev–Trinajstić information content (AvgIpc) is 3.29. The SMILES string of the molecule is CN(Cc1ccc(-c2noc(C(F)(F)F)n2)cc1)C(=O)OCc1cnc2ccccc2c1. The van der Waals surface area contributed by atoms with Gasteiger partial charge in [0, 0.05) is 36.3 Å². The number of halogens is 3. The highest BCUT2D eigenvalue weighted by atomic mass is 19.4. The first-order valence-electron chi connectivity index (χ1n) is 9.51. The van der Waals surface area contributed by atoms with Crippen molar-refractivity contribution in [3.05, 3.63) is 77.8 Å². The molecule has 0 aliphatic heterocycles. The standard InChI is InChI=1S/C22H17F3N4O3/c1-29(21(30)31-13-15-10-17-4-2-3-5-18(17)26-11-15)12-14-6-8-16(9-7-14)19-27-20(32-28-19)22(23,24)25/h2-11H,12-13H2,1H3. The number of benzene rings is 2. The van der Waals surface area contributed by atoms with Crippen LogP contribution in [0.25, 0.3) is 22.3 Å². The molecule has 4 rings (SSSR count). The average molecular weight is 442 g/mol. The lowest BCUT2D eigenvalue weighted by molar-refractivity contribution is -0.159. The third-order valence-electron chi connectivity index (χ3n) is 4.62. The van der Waals surface area contributed by atoms with Crippen molar-refractivity contribution in [1.82, 2.24) is 20.0 Å². The molecule has 0 unspecified atom stereocenters. The zero-order valence-corrected chi connectivity index (χ0v) is 16.8. The van der Waals surface area contributed by atoms with Crippen molar-refractivity contribution in [2.45, 2.75) is 19.3 Å². The van der Waals surface area contributed by atoms with Crippen molar-refractivity contribution in [3.8, 4) is 11.4 Å². The Bertz CT molecular complexity index is 1240. The minimum atomic E-state index is -4.70. The van der Waals surface area contributed by atoms with E-state index in [9.17, 15) is 18.0 Å². The number of alkyl halides is 3. The molecular formula is C22H17F3N4O3. The molecule has 2 aromatic heterocycles. The van der Waals surface area contributed by atoms with E-state index in [1.54, 1.807) is 37.5 Å². The normalized spacial score (nSPS) is 11.5. The Hall–Kier alpha value is -3.95. The number of hydrogen-bond acceptors (Lipinski definition) is 6. The number of aromatic nitrogens is 3. The smallest absolute Gasteiger partial charge is 0.444 e. The van der Waals surface area contributed by atoms with Crippen molar-refractivity contribution in [3.63, 3.8) is 0 Å². The highest BCUT2D eigenvalue weighted by Gasteiger charge is 2.38. The number of ether oxygens (including phenoxy) is 1. The summed E-state index contributed by atoms with van der Waals surface area (Å²) < 4.78 is 47.4. The molecule has 0 saturated heterocycles. The second-order valence-electron chi connectivity index (χ2n) is 7.06. The molecule has 2 heterocycles. The van der Waals surface area contributed by atoms with Gasteiger partial charge in [0.15, 0.2) is 0 Å². The Labute approximate surface area is 180 Å². The summed E-state index contributed by atoms with van der Waals surface area (Å²) in [6.45, 7) is 0.328. The molecule has 7 nitrogen and oxygen atoms in total. The molecule has 0 aliphatic carbocycles. The maximum absolute atomic E-state index is 12.6. The summed E-state index contributed by atoms with van der Waals surface area (Å²) in [5, 5.41) is 4.30. The van der Waals surface area contributed by atoms with Crippen molar-refractivity contribution in [1.29, 1.82) is 0 Å². The molecule has 32 heavy (non-hydrogen) atoms. The van der Waals surface area contributed by atoms with Gasteiger partial charge in [-0.1, -0.05) is 47.6 Å². The fourth-order valence-corrected chi connectivity index (χ4v) is 3.00. The van der Waals surface area contributed by atoms with E-state index in [1.807, 2.05) is 30.3 Å². The van der Waals surface area contributed by atoms with E-state index in [-0.39, 0.29) is 19.0 Å². The summed E-state index contributed by atoms with van der Waals surface area (Å²) in [6, 6.07) is 16.0. The number of carbonyl (C=O) groups is 1. The highest BCUT2D eigenvalue weighted by molar-refractivity contribution is 5.78. The molecule has 0 bridgehead atoms. The lowest BCUT2D eigenvalue weighted by Gasteiger charge is -2.17. The van der Waals surface area contributed by atoms with E-state index in [2.05, 4.69) is 19.6 Å². The predicted octanol–water partition coefficient (Wildman–Crippen LogP) is 5.07. The molecule has 4 aromatic rings. The number of pyridine rings is 1. The van der Waals surface area contributed by atoms with Crippen LogP contribution in [-0.2, 0) is 24.1 Å². The second-order valence-corrected chi connectivity index (χ2v) is 7.06. The van der Waals surface area contributed by atoms with Crippen LogP contribution in [0.4, 0.5) is 18.0 Å². The van der Waals surface area contributed by atoms with Gasteiger partial charge in [0.25, 0.3) is 0 Å². The van der Waals surface area contributed by atoms with Crippen LogP contribution >= 0.6 is 0 Å². The summed E-state index contributed by atoms with van der Waals surface area (Å²) in [5.41, 5.74) is 2.74. The lowest BCUT2D eigenvalue weighted by atomic mass is 10.1. The zero-order chi connectivity index (χ0) is 22.7. The van der Waals surface area contributed by atoms with Crippen LogP contribution in [-0.4, -0.2) is 33.2 Å². The Morgan fingerprint density at radius 2 is 1.84 bits per heavy atom. The number of rotatable bonds is 5. The molecule has 0 radical (unpaired) electrons. The molecule has 10 heteroatoms. The Morgan fingerprint density at radius 1 is 1.09 bits per heavy atom. The first kappa shape index (κ1) is 21.3. The third kappa shape index (κ3) is 4.85. The quantitative estimate of drug-likeness (QED) is 0.429. The number of amides is 1. The Morgan fingerprint density at radius 3 is 2.56 bits per heavy atom. The Balaban J connectivity index is 1.34. The minimum Gasteiger partial charge on any atom is -0.444 e. The molecular weight excluding hydrogens is 425 g/mol. The summed E-state index contributed by atoms with van der Waals surface area (Å²) in [7, 11) is 1.59. The van der Waals surface area contributed by atoms with Gasteiger partial charge in [-0.2, -0.15) is 18.2 Å². The lowest BCUT2D eigenvalue weighted by Crippen LogP contribution is -2.26. The topological polar surface area (TPSA) is 81.4 Å². The molecule has 0 spiro atoms. The van der Waals surface area contributed by atoms with Crippen molar-refractivity contribution in [2.24, 2.45) is 0 Å². The summed E-state index contributed by atoms with van der Waals surface area (Å²) >= 11 is 0. The molecule has 1 amide bonds. The maximum Gasteiger partial charge on any atom is 0.471 e. The van der Waals surface area contributed by atoms with Gasteiger partial charge in [-0.3, -0.25) is 4.98 Å². The molecule has 0 N–H and O–H groups in total. The van der Waals surface area contributed by atoms with E-state index in [0.29, 0.717) is 5.56 Å². The van der Waals surface area contributed by atoms with Gasteiger partial charge in [0.1, 0.15) is 6.61 Å². The van der Waals surface area contributed by atoms with Crippen LogP contribution < -0.4 is 0 Å². The van der Waals surface area contributed by atoms with Crippen molar-refractivity contribution < 1.29 is 27.2 Å². The van der Waals surface area contributed by atoms with Crippen LogP contribution in [0.3, 0.4) is 0 Å². The van der Waals surface area contributed by atoms with E-state index < -0.39 is 18.2 Å². The third-order valence-corrected chi connectivity index (χ3v) is 4.62. The number of nitrogens with zero attached hydrogens (tertiary/aromatic N) is 4. The number of fused-ring (bicyclic) bond motifs is 1. The van der Waals surface area contributed by atoms with Gasteiger partial charge in [0.05, 0.1) is 5.52 Å². The van der Waals surface area contributed by atoms with E-state index in [0.717, 1.165) is 22.0 Å². The van der Waals surface area contributed by atoms with E-state index in [4.69, 9.17) is 4.74 Å². The van der Waals surface area contributed by atoms with Crippen LogP contribution in [0.5, 0.6) is 0 Å². The number of para-hydroxylation sites is 1. The van der Waals surface area contributed by atoms with Crippen molar-refractivity contribution >= 4 is 17.0 Å². The first-order chi connectivity index (χ1) is 15.3. The summed E-state index contributed by atoms with van der Waals surface area (Å²) in [5.74, 6) is -1.57. The molecule has 0 fully saturated rings. The largest absolute Gasteiger partial charge is 0.471 e. The van der Waals surface area contributed by atoms with Gasteiger partial charge < -0.3 is 14.2 Å². The summed E-state index contributed by atoms with van der Waals surface area (Å²) in [4.78, 5) is 21.4. The molecule has 0 atom stereocenters. The van der Waals surface area contributed by atoms with Crippen LogP contribution in [0.2, 0.25) is 0 Å². The van der Waals surface area contributed by atoms with Gasteiger partial charge >= 0.3 is 18.2 Å². The predicted molar refractivity (Wildman–Crippen MR) is 108 cm³/mol. The van der Waals surface area contributed by atoms with E-state index >= 15 is 0 Å². The van der Waals surface area contributed by atoms with E-state index in [1.165, 1.54) is 4.90 Å². The van der Waals surface area contributed by atoms with Crippen LogP contribution in [0, 0.1) is 0 Å². The van der Waals surface area contributed by atoms with Gasteiger partial charge in [-0.15, -0.1) is 0 Å². The zero-order valence-electron chi connectivity index (χ0n) is 16.8. The fourth-order valence-electron chi connectivity index (χ4n) is 3.00. The van der Waals surface area contributed by atoms with Crippen molar-refractivity contribution in [2.75, 3.05) is 7.05 Å². The van der Waals surface area contributed by atoms with Crippen LogP contribution in [0.15, 0.2) is 65.3 Å². The van der Waals surface area contributed by atoms with Gasteiger partial charge in [0.2, 0.25) is 5.82 Å². The van der Waals surface area contributed by atoms with Gasteiger partial charge in [-0.05, 0) is 17.7 Å². The van der Waals surface area contributed by atoms with Gasteiger partial charge in [-0.25, -0.2) is 4.79 Å². The maximum atomic E-state index is 12.6.